The highest BCUT2D eigenvalue weighted by molar-refractivity contribution is 5.95. The summed E-state index contributed by atoms with van der Waals surface area (Å²) < 4.78 is 33.4. The Morgan fingerprint density at radius 1 is 1.00 bits per heavy atom. The lowest BCUT2D eigenvalue weighted by Crippen LogP contribution is -2.60. The van der Waals surface area contributed by atoms with Gasteiger partial charge in [-0.1, -0.05) is 13.8 Å². The number of aromatic hydroxyl groups is 1. The van der Waals surface area contributed by atoms with E-state index >= 15 is 0 Å². The Labute approximate surface area is 289 Å². The van der Waals surface area contributed by atoms with Crippen molar-refractivity contribution >= 4 is 23.6 Å². The number of nitrogens with zero attached hydrogens (tertiary/aromatic N) is 1. The summed E-state index contributed by atoms with van der Waals surface area (Å²) in [7, 11) is 2.74. The van der Waals surface area contributed by atoms with Gasteiger partial charge in [0.25, 0.3) is 0 Å². The molecular formula is C32H47N5O13. The molecule has 50 heavy (non-hydrogen) atoms. The minimum atomic E-state index is -1.81. The van der Waals surface area contributed by atoms with Crippen LogP contribution in [0.3, 0.4) is 0 Å². The van der Waals surface area contributed by atoms with Gasteiger partial charge in [-0.25, -0.2) is 9.59 Å². The van der Waals surface area contributed by atoms with Crippen LogP contribution in [0.4, 0.5) is 5.69 Å². The fourth-order valence-electron chi connectivity index (χ4n) is 4.62. The molecule has 1 heterocycles. The second-order valence-electron chi connectivity index (χ2n) is 11.5. The number of ether oxygens (including phenoxy) is 6. The fraction of sp³-hybridized carbons (Fsp3) is 0.531. The summed E-state index contributed by atoms with van der Waals surface area (Å²) >= 11 is 0. The number of nitrogens with one attached hydrogen (secondary N) is 3. The first-order chi connectivity index (χ1) is 23.8. The minimum absolute atomic E-state index is 0.0411. The van der Waals surface area contributed by atoms with Crippen LogP contribution in [0.5, 0.6) is 28.7 Å². The molecule has 0 aliphatic carbocycles. The number of nitrogens with two attached hydrogens (primary N) is 1. The smallest absolute Gasteiger partial charge is 0.338 e. The SMILES string of the molecule is CCNc1cc(OC2OC(COC(=O)c3cc(OC)c(O)c(OCNCCC(C)C)c3)C(O)C(O)C2O)c(OCNC(N)=NC)cc1C(=O)O. The lowest BCUT2D eigenvalue weighted by molar-refractivity contribution is -0.277. The van der Waals surface area contributed by atoms with E-state index in [1.165, 1.54) is 38.4 Å². The largest absolute Gasteiger partial charge is 0.502 e. The van der Waals surface area contributed by atoms with E-state index in [4.69, 9.17) is 34.2 Å². The molecule has 1 aliphatic heterocycles. The van der Waals surface area contributed by atoms with Crippen LogP contribution in [0, 0.1) is 5.92 Å². The van der Waals surface area contributed by atoms with Crippen LogP contribution in [0.25, 0.3) is 0 Å². The average Bonchev–Trinajstić information content (AvgIpc) is 3.08. The third-order valence-corrected chi connectivity index (χ3v) is 7.42. The van der Waals surface area contributed by atoms with E-state index in [2.05, 4.69) is 34.8 Å². The van der Waals surface area contributed by atoms with Crippen molar-refractivity contribution in [2.24, 2.45) is 16.6 Å². The molecule has 1 fully saturated rings. The van der Waals surface area contributed by atoms with Crippen molar-refractivity contribution < 1.29 is 63.5 Å². The molecule has 0 amide bonds. The molecule has 2 aromatic rings. The summed E-state index contributed by atoms with van der Waals surface area (Å²) in [5.41, 5.74) is 5.58. The molecule has 0 saturated carbocycles. The first-order valence-electron chi connectivity index (χ1n) is 15.8. The summed E-state index contributed by atoms with van der Waals surface area (Å²) in [5.74, 6) is -2.29. The number of hydrogen-bond acceptors (Lipinski definition) is 15. The molecule has 0 aromatic heterocycles. The monoisotopic (exact) mass is 709 g/mol. The van der Waals surface area contributed by atoms with Gasteiger partial charge in [0, 0.05) is 25.7 Å². The number of guanidine groups is 1. The third-order valence-electron chi connectivity index (χ3n) is 7.42. The third kappa shape index (κ3) is 10.6. The lowest BCUT2D eigenvalue weighted by atomic mass is 9.99. The van der Waals surface area contributed by atoms with E-state index in [-0.39, 0.29) is 65.0 Å². The molecule has 278 valence electrons. The van der Waals surface area contributed by atoms with Gasteiger partial charge in [-0.05, 0) is 37.9 Å². The number of carbonyl (C=O) groups is 2. The van der Waals surface area contributed by atoms with Crippen molar-refractivity contribution in [2.45, 2.75) is 57.9 Å². The van der Waals surface area contributed by atoms with E-state index in [9.17, 15) is 35.1 Å². The number of carboxylic acid groups (broad SMARTS) is 1. The molecule has 18 nitrogen and oxygen atoms in total. The van der Waals surface area contributed by atoms with Crippen LogP contribution in [0.1, 0.15) is 47.9 Å². The maximum atomic E-state index is 13.1. The number of rotatable bonds is 18. The first kappa shape index (κ1) is 39.7. The second-order valence-corrected chi connectivity index (χ2v) is 11.5. The van der Waals surface area contributed by atoms with Gasteiger partial charge >= 0.3 is 11.9 Å². The molecule has 1 saturated heterocycles. The summed E-state index contributed by atoms with van der Waals surface area (Å²) in [5, 5.41) is 61.0. The van der Waals surface area contributed by atoms with Crippen molar-refractivity contribution in [1.82, 2.24) is 10.6 Å². The Bertz CT molecular complexity index is 1470. The molecule has 10 N–H and O–H groups in total. The minimum Gasteiger partial charge on any atom is -0.502 e. The van der Waals surface area contributed by atoms with E-state index in [0.717, 1.165) is 6.42 Å². The van der Waals surface area contributed by atoms with Crippen LogP contribution < -0.4 is 40.6 Å². The Kier molecular flexibility index (Phi) is 15.0. The fourth-order valence-corrected chi connectivity index (χ4v) is 4.62. The van der Waals surface area contributed by atoms with E-state index in [1.807, 2.05) is 0 Å². The highest BCUT2D eigenvalue weighted by Crippen LogP contribution is 2.38. The predicted octanol–water partition coefficient (Wildman–Crippen LogP) is 0.417. The van der Waals surface area contributed by atoms with Gasteiger partial charge in [0.05, 0.1) is 23.9 Å². The Hall–Kier alpha value is -4.75. The van der Waals surface area contributed by atoms with Gasteiger partial charge in [-0.15, -0.1) is 0 Å². The molecule has 5 unspecified atom stereocenters. The maximum Gasteiger partial charge on any atom is 0.338 e. The van der Waals surface area contributed by atoms with Crippen molar-refractivity contribution in [3.63, 3.8) is 0 Å². The molecule has 18 heteroatoms. The van der Waals surface area contributed by atoms with Gasteiger partial charge in [0.15, 0.2) is 35.7 Å². The Balaban J connectivity index is 1.79. The van der Waals surface area contributed by atoms with Gasteiger partial charge < -0.3 is 70.3 Å². The Morgan fingerprint density at radius 2 is 1.70 bits per heavy atom. The molecule has 2 aromatic carbocycles. The molecule has 0 radical (unpaired) electrons. The zero-order valence-electron chi connectivity index (χ0n) is 28.5. The zero-order chi connectivity index (χ0) is 37.0. The molecule has 3 rings (SSSR count). The molecular weight excluding hydrogens is 662 g/mol. The van der Waals surface area contributed by atoms with Gasteiger partial charge in [-0.2, -0.15) is 0 Å². The van der Waals surface area contributed by atoms with Crippen LogP contribution in [0.15, 0.2) is 29.3 Å². The number of phenols is 1. The van der Waals surface area contributed by atoms with Crippen LogP contribution in [0.2, 0.25) is 0 Å². The summed E-state index contributed by atoms with van der Waals surface area (Å²) in [6.07, 6.45) is -7.49. The Morgan fingerprint density at radius 3 is 2.34 bits per heavy atom. The van der Waals surface area contributed by atoms with Gasteiger partial charge in [0.1, 0.15) is 37.8 Å². The summed E-state index contributed by atoms with van der Waals surface area (Å²) in [6, 6.07) is 4.98. The average molecular weight is 710 g/mol. The predicted molar refractivity (Wildman–Crippen MR) is 179 cm³/mol. The number of hydrogen-bond donors (Lipinski definition) is 9. The number of carbonyl (C=O) groups excluding carboxylic acids is 1. The number of aromatic carboxylic acids is 1. The normalized spacial score (nSPS) is 20.6. The number of benzene rings is 2. The highest BCUT2D eigenvalue weighted by atomic mass is 16.7. The number of methoxy groups -OCH3 is 1. The number of aliphatic hydroxyl groups excluding tert-OH is 3. The molecule has 0 bridgehead atoms. The zero-order valence-corrected chi connectivity index (χ0v) is 28.5. The number of esters is 1. The second kappa shape index (κ2) is 18.9. The standard InChI is InChI=1S/C32H47N5O13/c1-6-36-19-12-21(20(11-18(19)29(42)43)48-15-37-32(33)34-4)49-31-28(41)27(40)26(39)24(50-31)13-46-30(44)17-9-22(45-5)25(38)23(10-17)47-14-35-8-7-16(2)3/h9-12,16,24,26-28,31,35-36,38-41H,6-8,13-15H2,1-5H3,(H,42,43)(H3,33,34,37). The molecule has 0 spiro atoms. The van der Waals surface area contributed by atoms with E-state index in [0.29, 0.717) is 19.0 Å². The van der Waals surface area contributed by atoms with Crippen LogP contribution in [-0.4, -0.2) is 121 Å². The van der Waals surface area contributed by atoms with Crippen molar-refractivity contribution in [1.29, 1.82) is 0 Å². The number of aliphatic hydroxyl groups is 3. The topological polar surface area (TPSA) is 265 Å². The van der Waals surface area contributed by atoms with E-state index in [1.54, 1.807) is 6.92 Å². The van der Waals surface area contributed by atoms with E-state index < -0.39 is 49.3 Å². The molecule has 5 atom stereocenters. The van der Waals surface area contributed by atoms with Gasteiger partial charge in [-0.3, -0.25) is 10.3 Å². The number of anilines is 1. The molecule has 1 aliphatic rings. The maximum absolute atomic E-state index is 13.1. The van der Waals surface area contributed by atoms with Crippen molar-refractivity contribution in [3.8, 4) is 28.7 Å². The first-order valence-corrected chi connectivity index (χ1v) is 15.8. The summed E-state index contributed by atoms with van der Waals surface area (Å²) in [6.45, 7) is 6.12. The van der Waals surface area contributed by atoms with Crippen LogP contribution >= 0.6 is 0 Å². The summed E-state index contributed by atoms with van der Waals surface area (Å²) in [4.78, 5) is 28.8. The highest BCUT2D eigenvalue weighted by Gasteiger charge is 2.46. The number of phenolic OH excluding ortho intramolecular Hbond substituents is 1. The lowest BCUT2D eigenvalue weighted by Gasteiger charge is -2.40. The number of aliphatic imine (C=N–C) groups is 1. The quantitative estimate of drug-likeness (QED) is 0.0334. The number of carboxylic acids is 1. The van der Waals surface area contributed by atoms with Crippen molar-refractivity contribution in [3.05, 3.63) is 35.4 Å². The van der Waals surface area contributed by atoms with Crippen molar-refractivity contribution in [2.75, 3.05) is 52.6 Å². The van der Waals surface area contributed by atoms with Crippen LogP contribution in [-0.2, 0) is 9.47 Å². The van der Waals surface area contributed by atoms with Gasteiger partial charge in [0.2, 0.25) is 12.0 Å².